The third-order valence-corrected chi connectivity index (χ3v) is 6.38. The van der Waals surface area contributed by atoms with Gasteiger partial charge in [-0.1, -0.05) is 151 Å². The lowest BCUT2D eigenvalue weighted by atomic mass is 9.83. The largest absolute Gasteiger partial charge is 0.0636 e. The van der Waals surface area contributed by atoms with Gasteiger partial charge in [0.2, 0.25) is 0 Å². The van der Waals surface area contributed by atoms with Crippen molar-refractivity contribution in [2.75, 3.05) is 0 Å². The Kier molecular flexibility index (Phi) is 1.99. The van der Waals surface area contributed by atoms with Gasteiger partial charge < -0.3 is 0 Å². The molecule has 0 spiro atoms. The van der Waals surface area contributed by atoms with Gasteiger partial charge >= 0.3 is 0 Å². The van der Waals surface area contributed by atoms with Crippen LogP contribution in [0.4, 0.5) is 0 Å². The van der Waals surface area contributed by atoms with E-state index in [2.05, 4.69) is 0 Å². The van der Waals surface area contributed by atoms with E-state index in [0.29, 0.717) is 0 Å². The van der Waals surface area contributed by atoms with E-state index >= 15 is 0 Å². The number of fused-ring (bicyclic) bond motifs is 5. The van der Waals surface area contributed by atoms with Gasteiger partial charge in [-0.05, 0) is 82.5 Å². The summed E-state index contributed by atoms with van der Waals surface area (Å²) in [4.78, 5) is 0. The summed E-state index contributed by atoms with van der Waals surface area (Å²) in [5, 5.41) is -5.35. The smallest absolute Gasteiger partial charge is 0.0622 e. The predicted octanol–water partition coefficient (Wildman–Crippen LogP) is 11.3. The molecule has 40 heavy (non-hydrogen) atoms. The van der Waals surface area contributed by atoms with Crippen molar-refractivity contribution in [2.45, 2.75) is 0 Å². The van der Waals surface area contributed by atoms with Crippen molar-refractivity contribution in [3.8, 4) is 33.4 Å². The monoisotopic (exact) mass is 532 g/mol. The van der Waals surface area contributed by atoms with E-state index in [9.17, 15) is 11.0 Å². The van der Waals surface area contributed by atoms with Crippen molar-refractivity contribution in [3.05, 3.63) is 157 Å². The highest BCUT2D eigenvalue weighted by Gasteiger charge is 2.18. The molecule has 0 amide bonds. The third-order valence-electron chi connectivity index (χ3n) is 6.38. The van der Waals surface area contributed by atoms with Crippen LogP contribution in [-0.2, 0) is 0 Å². The quantitative estimate of drug-likeness (QED) is 0.157. The first kappa shape index (κ1) is 8.65. The lowest BCUT2D eigenvalue weighted by Crippen LogP contribution is -1.92. The molecule has 8 aromatic carbocycles. The van der Waals surface area contributed by atoms with Crippen LogP contribution in [0.25, 0.3) is 76.5 Å². The average molecular weight is 533 g/mol. The van der Waals surface area contributed by atoms with Crippen LogP contribution < -0.4 is 0 Å². The van der Waals surface area contributed by atoms with Crippen molar-refractivity contribution in [1.29, 1.82) is 0 Å². The molecular weight excluding hydrogens is 480 g/mol. The highest BCUT2D eigenvalue weighted by atomic mass is 14.2. The number of benzene rings is 8. The van der Waals surface area contributed by atoms with Crippen LogP contribution >= 0.6 is 0 Å². The maximum absolute atomic E-state index is 9.71. The molecule has 0 unspecified atom stereocenters. The minimum Gasteiger partial charge on any atom is -0.0622 e. The van der Waals surface area contributed by atoms with Crippen LogP contribution in [0.2, 0.25) is 0 Å². The Labute approximate surface area is 270 Å². The van der Waals surface area contributed by atoms with Crippen LogP contribution in [0.5, 0.6) is 0 Å². The topological polar surface area (TPSA) is 0 Å². The van der Waals surface area contributed by atoms with Crippen molar-refractivity contribution < 1.29 is 35.6 Å². The first-order chi connectivity index (χ1) is 30.7. The molecule has 0 aromatic heterocycles. The summed E-state index contributed by atoms with van der Waals surface area (Å²) < 4.78 is 231. The Bertz CT molecular complexity index is 3510. The Morgan fingerprint density at radius 1 is 0.300 bits per heavy atom. The number of rotatable bonds is 3. The van der Waals surface area contributed by atoms with Crippen molar-refractivity contribution in [1.82, 2.24) is 0 Å². The van der Waals surface area contributed by atoms with Gasteiger partial charge in [-0.2, -0.15) is 0 Å². The van der Waals surface area contributed by atoms with Crippen LogP contribution in [0.3, 0.4) is 0 Å². The Morgan fingerprint density at radius 2 is 0.725 bits per heavy atom. The lowest BCUT2D eigenvalue weighted by Gasteiger charge is -2.19. The highest BCUT2D eigenvalue weighted by Crippen LogP contribution is 2.46. The summed E-state index contributed by atoms with van der Waals surface area (Å²) in [6.07, 6.45) is 0. The molecule has 8 rings (SSSR count). The van der Waals surface area contributed by atoms with Crippen molar-refractivity contribution in [3.63, 3.8) is 0 Å². The molecule has 0 heterocycles. The van der Waals surface area contributed by atoms with Crippen molar-refractivity contribution in [2.24, 2.45) is 0 Å². The standard InChI is InChI=1S/C40H26/c1-2-12-27(13-3-1)28-22-24-29(25-23-28)39-34-18-8-10-20-36(34)40(37-21-11-9-19-35(37)39)38-26-30-14-4-5-15-31(30)32-16-6-7-17-33(32)38/h1-26H/i1D,2D,3D,4D,5D,6D,7D,8D,9D,10D,11D,12D,13D,14D,15D,16D,17D,18D,19D,20D,21D,22D,23D,24D,25D,26D. The minimum atomic E-state index is -1.06. The molecule has 0 bridgehead atoms. The molecule has 0 aliphatic carbocycles. The molecule has 0 radical (unpaired) electrons. The molecule has 0 aliphatic heterocycles. The molecular formula is C40H26. The molecule has 0 aliphatic rings. The zero-order chi connectivity index (χ0) is 49.1. The van der Waals surface area contributed by atoms with Crippen LogP contribution in [0, 0.1) is 0 Å². The van der Waals surface area contributed by atoms with Crippen LogP contribution in [-0.4, -0.2) is 0 Å². The second kappa shape index (κ2) is 9.22. The molecule has 8 aromatic rings. The predicted molar refractivity (Wildman–Crippen MR) is 173 cm³/mol. The fourth-order valence-electron chi connectivity index (χ4n) is 4.72. The van der Waals surface area contributed by atoms with Crippen LogP contribution in [0.15, 0.2) is 157 Å². The zero-order valence-corrected chi connectivity index (χ0v) is 20.0. The molecule has 0 N–H and O–H groups in total. The number of hydrogen-bond donors (Lipinski definition) is 0. The van der Waals surface area contributed by atoms with E-state index < -0.39 is 234 Å². The van der Waals surface area contributed by atoms with Gasteiger partial charge in [0.1, 0.15) is 0 Å². The molecule has 0 heteroatoms. The molecule has 0 saturated heterocycles. The fraction of sp³-hybridized carbons (Fsp3) is 0. The first-order valence-electron chi connectivity index (χ1n) is 24.8. The van der Waals surface area contributed by atoms with Gasteiger partial charge in [0.15, 0.2) is 0 Å². The zero-order valence-electron chi connectivity index (χ0n) is 46.0. The summed E-state index contributed by atoms with van der Waals surface area (Å²) in [7, 11) is 0. The van der Waals surface area contributed by atoms with E-state index in [1.807, 2.05) is 0 Å². The summed E-state index contributed by atoms with van der Waals surface area (Å²) in [5.74, 6) is 0. The third kappa shape index (κ3) is 3.54. The van der Waals surface area contributed by atoms with Gasteiger partial charge in [-0.3, -0.25) is 0 Å². The van der Waals surface area contributed by atoms with E-state index in [-0.39, 0.29) is 0 Å². The highest BCUT2D eigenvalue weighted by molar-refractivity contribution is 6.25. The molecule has 0 nitrogen and oxygen atoms in total. The van der Waals surface area contributed by atoms with E-state index in [4.69, 9.17) is 24.7 Å². The van der Waals surface area contributed by atoms with Gasteiger partial charge in [0.05, 0.1) is 35.6 Å². The normalized spacial score (nSPS) is 20.6. The number of hydrogen-bond acceptors (Lipinski definition) is 0. The van der Waals surface area contributed by atoms with E-state index in [1.165, 1.54) is 0 Å². The van der Waals surface area contributed by atoms with Crippen molar-refractivity contribution >= 4 is 43.1 Å². The van der Waals surface area contributed by atoms with Gasteiger partial charge in [-0.15, -0.1) is 0 Å². The summed E-state index contributed by atoms with van der Waals surface area (Å²) in [6.45, 7) is 0. The SMILES string of the molecule is [2H]c1c([2H])c([2H])c(-c2c([2H])c([2H])c(-c3c4c([2H])c([2H])c([2H])c([2H])c4c(-c4c([2H])c5c([2H])c([2H])c([2H])c([2H])c5c5c([2H])c([2H])c([2H])c([2H])c45)c4c([2H])c([2H])c([2H])c([2H])c34)c([2H])c2[2H])c([2H])c1[2H]. The van der Waals surface area contributed by atoms with Crippen LogP contribution in [0.1, 0.15) is 35.6 Å². The molecule has 0 atom stereocenters. The van der Waals surface area contributed by atoms with E-state index in [0.717, 1.165) is 0 Å². The summed E-state index contributed by atoms with van der Waals surface area (Å²) >= 11 is 0. The maximum Gasteiger partial charge on any atom is 0.0636 e. The average Bonchev–Trinajstić information content (AvgIpc) is 3.29. The Balaban J connectivity index is 1.77. The molecule has 0 saturated carbocycles. The van der Waals surface area contributed by atoms with E-state index in [1.54, 1.807) is 0 Å². The second-order valence-electron chi connectivity index (χ2n) is 8.50. The van der Waals surface area contributed by atoms with Gasteiger partial charge in [0, 0.05) is 0 Å². The summed E-state index contributed by atoms with van der Waals surface area (Å²) in [6, 6.07) is -24.4. The van der Waals surface area contributed by atoms with Gasteiger partial charge in [0.25, 0.3) is 0 Å². The molecule has 186 valence electrons. The summed E-state index contributed by atoms with van der Waals surface area (Å²) in [5.41, 5.74) is -4.52. The maximum atomic E-state index is 9.71. The fourth-order valence-corrected chi connectivity index (χ4v) is 4.72. The Morgan fingerprint density at radius 3 is 1.35 bits per heavy atom. The second-order valence-corrected chi connectivity index (χ2v) is 8.50. The van der Waals surface area contributed by atoms with Gasteiger partial charge in [-0.25, -0.2) is 0 Å². The first-order valence-corrected chi connectivity index (χ1v) is 11.8. The minimum absolute atomic E-state index is 0.534. The lowest BCUT2D eigenvalue weighted by molar-refractivity contribution is 1.61. The molecule has 0 fully saturated rings. The Hall–Kier alpha value is -5.20.